The molecule has 2 amide bonds. The molecule has 0 spiro atoms. The van der Waals surface area contributed by atoms with Crippen molar-refractivity contribution in [3.05, 3.63) is 100 Å². The van der Waals surface area contributed by atoms with Gasteiger partial charge in [-0.05, 0) is 85.7 Å². The van der Waals surface area contributed by atoms with Gasteiger partial charge < -0.3 is 14.8 Å². The monoisotopic (exact) mass is 664 g/mol. The third-order valence-corrected chi connectivity index (χ3v) is 8.32. The number of halogens is 3. The third kappa shape index (κ3) is 8.67. The number of aromatic nitrogens is 4. The summed E-state index contributed by atoms with van der Waals surface area (Å²) in [7, 11) is 1.65. The maximum absolute atomic E-state index is 12.7. The van der Waals surface area contributed by atoms with E-state index in [-0.39, 0.29) is 17.7 Å². The van der Waals surface area contributed by atoms with Gasteiger partial charge in [0.25, 0.3) is 0 Å². The molecule has 0 fully saturated rings. The smallest absolute Gasteiger partial charge is 0.497 e. The van der Waals surface area contributed by atoms with Crippen LogP contribution in [0.5, 0.6) is 11.5 Å². The van der Waals surface area contributed by atoms with Gasteiger partial charge in [0.15, 0.2) is 10.6 Å². The molecule has 9 nitrogen and oxygen atoms in total. The standard InChI is InChI=1S/C34H35F3N6O3S/c1-22(2)29-19-28(45-4)16-17-30(29)43-23(3)20-47-33(43)40-32(44)38-18-6-5-7-24-8-10-25(11-9-24)31-39-21-42(41-31)26-12-14-27(15-13-26)46-34(35,36)37/h8-17,19-22H,5-7,18H2,1-4H3,(H,38,44). The van der Waals surface area contributed by atoms with Crippen molar-refractivity contribution in [2.45, 2.75) is 52.3 Å². The minimum Gasteiger partial charge on any atom is -0.497 e. The van der Waals surface area contributed by atoms with Crippen molar-refractivity contribution in [2.75, 3.05) is 13.7 Å². The summed E-state index contributed by atoms with van der Waals surface area (Å²) in [6, 6.07) is 18.9. The normalized spacial score (nSPS) is 12.0. The van der Waals surface area contributed by atoms with E-state index in [0.717, 1.165) is 53.1 Å². The van der Waals surface area contributed by atoms with Crippen LogP contribution >= 0.6 is 11.3 Å². The lowest BCUT2D eigenvalue weighted by molar-refractivity contribution is -0.274. The maximum atomic E-state index is 12.7. The predicted octanol–water partition coefficient (Wildman–Crippen LogP) is 7.76. The number of methoxy groups -OCH3 is 1. The Hall–Kier alpha value is -4.91. The van der Waals surface area contributed by atoms with Gasteiger partial charge in [-0.3, -0.25) is 4.57 Å². The summed E-state index contributed by atoms with van der Waals surface area (Å²) in [5.41, 5.74) is 5.59. The molecule has 2 aromatic heterocycles. The number of alkyl halides is 3. The number of benzene rings is 3. The van der Waals surface area contributed by atoms with Gasteiger partial charge in [0.05, 0.1) is 18.5 Å². The van der Waals surface area contributed by atoms with Gasteiger partial charge in [-0.15, -0.1) is 29.6 Å². The molecule has 0 bridgehead atoms. The Kier molecular flexibility index (Phi) is 10.4. The number of unbranched alkanes of at least 4 members (excludes halogenated alkanes) is 1. The summed E-state index contributed by atoms with van der Waals surface area (Å²) in [6.07, 6.45) is -0.736. The van der Waals surface area contributed by atoms with Crippen molar-refractivity contribution in [3.63, 3.8) is 0 Å². The quantitative estimate of drug-likeness (QED) is 0.146. The fourth-order valence-corrected chi connectivity index (χ4v) is 5.87. The summed E-state index contributed by atoms with van der Waals surface area (Å²) in [5, 5.41) is 9.35. The molecule has 2 heterocycles. The van der Waals surface area contributed by atoms with E-state index in [1.54, 1.807) is 7.11 Å². The van der Waals surface area contributed by atoms with Crippen LogP contribution in [0.4, 0.5) is 18.0 Å². The van der Waals surface area contributed by atoms with Crippen LogP contribution in [-0.4, -0.2) is 45.4 Å². The zero-order valence-corrected chi connectivity index (χ0v) is 27.2. The molecule has 0 aliphatic carbocycles. The number of nitrogens with zero attached hydrogens (tertiary/aromatic N) is 5. The van der Waals surface area contributed by atoms with Crippen molar-refractivity contribution in [2.24, 2.45) is 4.99 Å². The van der Waals surface area contributed by atoms with E-state index in [2.05, 4.69) is 39.0 Å². The lowest BCUT2D eigenvalue weighted by Crippen LogP contribution is -2.25. The number of urea groups is 1. The maximum Gasteiger partial charge on any atom is 0.573 e. The first kappa shape index (κ1) is 33.5. The van der Waals surface area contributed by atoms with Gasteiger partial charge >= 0.3 is 12.4 Å². The average molecular weight is 665 g/mol. The lowest BCUT2D eigenvalue weighted by atomic mass is 10.0. The highest BCUT2D eigenvalue weighted by Gasteiger charge is 2.31. The molecule has 0 saturated heterocycles. The molecule has 47 heavy (non-hydrogen) atoms. The first-order valence-electron chi connectivity index (χ1n) is 15.1. The molecule has 246 valence electrons. The van der Waals surface area contributed by atoms with Gasteiger partial charge in [0, 0.05) is 23.2 Å². The second-order valence-electron chi connectivity index (χ2n) is 11.1. The van der Waals surface area contributed by atoms with Gasteiger partial charge in [-0.2, -0.15) is 4.99 Å². The number of thiazole rings is 1. The molecule has 5 rings (SSSR count). The van der Waals surface area contributed by atoms with E-state index in [4.69, 9.17) is 4.74 Å². The van der Waals surface area contributed by atoms with E-state index in [1.807, 2.05) is 59.3 Å². The highest BCUT2D eigenvalue weighted by atomic mass is 32.1. The van der Waals surface area contributed by atoms with Crippen molar-refractivity contribution in [3.8, 4) is 34.3 Å². The number of ether oxygens (including phenoxy) is 2. The van der Waals surface area contributed by atoms with Crippen LogP contribution < -0.4 is 19.6 Å². The molecule has 0 radical (unpaired) electrons. The molecule has 0 unspecified atom stereocenters. The first-order chi connectivity index (χ1) is 22.5. The summed E-state index contributed by atoms with van der Waals surface area (Å²) in [6.45, 7) is 6.76. The zero-order valence-electron chi connectivity index (χ0n) is 26.4. The van der Waals surface area contributed by atoms with Crippen molar-refractivity contribution in [1.82, 2.24) is 24.6 Å². The molecule has 5 aromatic rings. The Bertz CT molecular complexity index is 1880. The van der Waals surface area contributed by atoms with Crippen molar-refractivity contribution in [1.29, 1.82) is 0 Å². The van der Waals surface area contributed by atoms with E-state index < -0.39 is 6.36 Å². The number of hydrogen-bond acceptors (Lipinski definition) is 6. The number of carbonyl (C=O) groups is 1. The first-order valence-corrected chi connectivity index (χ1v) is 15.9. The second-order valence-corrected chi connectivity index (χ2v) is 12.0. The van der Waals surface area contributed by atoms with Crippen LogP contribution in [0.15, 0.2) is 83.4 Å². The van der Waals surface area contributed by atoms with Crippen molar-refractivity contribution >= 4 is 17.4 Å². The summed E-state index contributed by atoms with van der Waals surface area (Å²) < 4.78 is 50.1. The highest BCUT2D eigenvalue weighted by molar-refractivity contribution is 7.07. The van der Waals surface area contributed by atoms with Gasteiger partial charge in [-0.25, -0.2) is 14.5 Å². The largest absolute Gasteiger partial charge is 0.573 e. The Labute approximate surface area is 274 Å². The summed E-state index contributed by atoms with van der Waals surface area (Å²) in [5.74, 6) is 1.23. The summed E-state index contributed by atoms with van der Waals surface area (Å²) >= 11 is 1.43. The molecule has 0 aliphatic heterocycles. The minimum absolute atomic E-state index is 0.254. The molecular weight excluding hydrogens is 629 g/mol. The topological polar surface area (TPSA) is 95.6 Å². The second kappa shape index (κ2) is 14.7. The third-order valence-electron chi connectivity index (χ3n) is 7.38. The molecule has 13 heteroatoms. The molecular formula is C34H35F3N6O3S. The Morgan fingerprint density at radius 3 is 2.43 bits per heavy atom. The minimum atomic E-state index is -4.74. The lowest BCUT2D eigenvalue weighted by Gasteiger charge is -2.16. The van der Waals surface area contributed by atoms with E-state index >= 15 is 0 Å². The SMILES string of the molecule is COc1ccc(-n2c(C)csc2=NC(=O)NCCCCc2ccc(-c3ncn(-c4ccc(OC(F)(F)F)cc4)n3)cc2)c(C(C)C)c1. The molecule has 3 aromatic carbocycles. The highest BCUT2D eigenvalue weighted by Crippen LogP contribution is 2.28. The fourth-order valence-electron chi connectivity index (χ4n) is 5.01. The molecule has 1 N–H and O–H groups in total. The van der Waals surface area contributed by atoms with Crippen LogP contribution in [0, 0.1) is 6.92 Å². The van der Waals surface area contributed by atoms with Crippen LogP contribution in [0.3, 0.4) is 0 Å². The average Bonchev–Trinajstić information content (AvgIpc) is 3.67. The van der Waals surface area contributed by atoms with Crippen LogP contribution in [0.2, 0.25) is 0 Å². The van der Waals surface area contributed by atoms with E-state index in [1.165, 1.54) is 46.6 Å². The van der Waals surface area contributed by atoms with Crippen LogP contribution in [0.25, 0.3) is 22.8 Å². The van der Waals surface area contributed by atoms with E-state index in [9.17, 15) is 18.0 Å². The number of amides is 2. The number of rotatable bonds is 11. The number of aryl methyl sites for hydroxylation is 2. The molecule has 0 atom stereocenters. The van der Waals surface area contributed by atoms with Gasteiger partial charge in [-0.1, -0.05) is 38.1 Å². The zero-order chi connectivity index (χ0) is 33.6. The summed E-state index contributed by atoms with van der Waals surface area (Å²) in [4.78, 5) is 22.0. The fraction of sp³-hybridized carbons (Fsp3) is 0.294. The molecule has 0 saturated carbocycles. The van der Waals surface area contributed by atoms with Crippen LogP contribution in [0.1, 0.15) is 49.4 Å². The number of hydrogen-bond donors (Lipinski definition) is 1. The number of carbonyl (C=O) groups excluding carboxylic acids is 1. The Balaban J connectivity index is 1.12. The van der Waals surface area contributed by atoms with Gasteiger partial charge in [0.2, 0.25) is 0 Å². The number of nitrogens with one attached hydrogen (secondary N) is 1. The van der Waals surface area contributed by atoms with E-state index in [0.29, 0.717) is 22.9 Å². The van der Waals surface area contributed by atoms with Crippen LogP contribution in [-0.2, 0) is 6.42 Å². The Morgan fingerprint density at radius 1 is 1.02 bits per heavy atom. The van der Waals surface area contributed by atoms with Gasteiger partial charge in [0.1, 0.15) is 17.8 Å². The predicted molar refractivity (Wildman–Crippen MR) is 174 cm³/mol. The Morgan fingerprint density at radius 2 is 1.74 bits per heavy atom. The van der Waals surface area contributed by atoms with Crippen molar-refractivity contribution < 1.29 is 27.4 Å². The molecule has 0 aliphatic rings.